The van der Waals surface area contributed by atoms with Gasteiger partial charge in [-0.05, 0) is 0 Å². The predicted octanol–water partition coefficient (Wildman–Crippen LogP) is 8.75. The van der Waals surface area contributed by atoms with Crippen molar-refractivity contribution in [2.75, 3.05) is 0 Å². The Hall–Kier alpha value is -0.0900. The van der Waals surface area contributed by atoms with Gasteiger partial charge in [0.2, 0.25) is 0 Å². The molecule has 0 unspecified atom stereocenters. The third-order valence-electron chi connectivity index (χ3n) is 8.87. The quantitative estimate of drug-likeness (QED) is 0.333. The average Bonchev–Trinajstić information content (AvgIpc) is 2.72. The van der Waals surface area contributed by atoms with Gasteiger partial charge in [-0.3, -0.25) is 0 Å². The zero-order valence-electron chi connectivity index (χ0n) is 17.9. The van der Waals surface area contributed by atoms with Crippen LogP contribution < -0.4 is 0 Å². The van der Waals surface area contributed by atoms with E-state index < -0.39 is 7.26 Å². The monoisotopic (exact) mass is 388 g/mol. The van der Waals surface area contributed by atoms with Gasteiger partial charge < -0.3 is 0 Å². The van der Waals surface area contributed by atoms with Crippen LogP contribution in [0.15, 0.2) is 23.5 Å². The van der Waals surface area contributed by atoms with E-state index in [2.05, 4.69) is 23.5 Å². The average molecular weight is 389 g/mol. The van der Waals surface area contributed by atoms with Crippen LogP contribution in [0.4, 0.5) is 0 Å². The summed E-state index contributed by atoms with van der Waals surface area (Å²) in [6.07, 6.45) is 36.7. The fourth-order valence-electron chi connectivity index (χ4n) is 7.85. The van der Waals surface area contributed by atoms with Crippen molar-refractivity contribution >= 4 is 7.26 Å². The third-order valence-corrected chi connectivity index (χ3v) is 16.2. The molecule has 0 radical (unpaired) electrons. The molecule has 0 nitrogen and oxygen atoms in total. The van der Waals surface area contributed by atoms with Crippen LogP contribution in [0.1, 0.15) is 122 Å². The maximum atomic E-state index is 2.85. The van der Waals surface area contributed by atoms with E-state index in [0.717, 1.165) is 17.0 Å². The van der Waals surface area contributed by atoms with Crippen molar-refractivity contribution in [3.05, 3.63) is 23.5 Å². The van der Waals surface area contributed by atoms with E-state index in [-0.39, 0.29) is 0 Å². The standard InChI is InChI=1S/C26H45P/c1-2-7-15-23(16-8-3-1)27(24-17-9-4-10-18-24,25-19-11-5-12-20-25)26-21-13-6-14-22-26/h1-2,16,24-27H,3-15,17-22H2. The van der Waals surface area contributed by atoms with Crippen molar-refractivity contribution in [1.29, 1.82) is 0 Å². The molecule has 0 heterocycles. The van der Waals surface area contributed by atoms with Crippen LogP contribution in [0.3, 0.4) is 0 Å². The van der Waals surface area contributed by atoms with Crippen molar-refractivity contribution in [3.63, 3.8) is 0 Å². The van der Waals surface area contributed by atoms with Gasteiger partial charge >= 0.3 is 170 Å². The normalized spacial score (nSPS) is 28.4. The first-order valence-corrected chi connectivity index (χ1v) is 15.0. The Morgan fingerprint density at radius 3 is 1.44 bits per heavy atom. The topological polar surface area (TPSA) is 0 Å². The van der Waals surface area contributed by atoms with Gasteiger partial charge in [0.05, 0.1) is 0 Å². The second-order valence-corrected chi connectivity index (χ2v) is 15.2. The Morgan fingerprint density at radius 1 is 0.519 bits per heavy atom. The molecule has 4 aliphatic rings. The number of rotatable bonds is 4. The Morgan fingerprint density at radius 2 is 0.963 bits per heavy atom. The second kappa shape index (κ2) is 10.1. The minimum atomic E-state index is -1.42. The van der Waals surface area contributed by atoms with Crippen LogP contribution in [0.25, 0.3) is 0 Å². The molecule has 0 aromatic carbocycles. The van der Waals surface area contributed by atoms with Gasteiger partial charge in [0, 0.05) is 0 Å². The van der Waals surface area contributed by atoms with E-state index in [1.807, 2.05) is 0 Å². The van der Waals surface area contributed by atoms with Gasteiger partial charge in [-0.2, -0.15) is 0 Å². The Labute approximate surface area is 170 Å². The first-order chi connectivity index (χ1) is 13.4. The van der Waals surface area contributed by atoms with Crippen molar-refractivity contribution in [2.45, 2.75) is 139 Å². The van der Waals surface area contributed by atoms with Gasteiger partial charge in [-0.1, -0.05) is 0 Å². The summed E-state index contributed by atoms with van der Waals surface area (Å²) in [5.41, 5.74) is 3.44. The van der Waals surface area contributed by atoms with E-state index in [1.54, 1.807) is 77.0 Å². The molecule has 4 rings (SSSR count). The molecule has 0 N–H and O–H groups in total. The van der Waals surface area contributed by atoms with Crippen LogP contribution in [0.2, 0.25) is 0 Å². The van der Waals surface area contributed by atoms with Crippen LogP contribution in [0, 0.1) is 0 Å². The molecule has 0 amide bonds. The molecule has 4 aliphatic carbocycles. The van der Waals surface area contributed by atoms with E-state index >= 15 is 0 Å². The molecule has 0 aromatic heterocycles. The fraction of sp³-hybridized carbons (Fsp3) is 0.846. The van der Waals surface area contributed by atoms with Gasteiger partial charge in [0.25, 0.3) is 0 Å². The molecular formula is C26H45P. The van der Waals surface area contributed by atoms with E-state index in [9.17, 15) is 0 Å². The summed E-state index contributed by atoms with van der Waals surface area (Å²) < 4.78 is 0. The van der Waals surface area contributed by atoms with E-state index in [0.29, 0.717) is 0 Å². The van der Waals surface area contributed by atoms with Gasteiger partial charge in [0.1, 0.15) is 0 Å². The third kappa shape index (κ3) is 4.42. The molecule has 0 spiro atoms. The van der Waals surface area contributed by atoms with Crippen LogP contribution in [-0.4, -0.2) is 17.0 Å². The summed E-state index contributed by atoms with van der Waals surface area (Å²) in [6, 6.07) is 0. The van der Waals surface area contributed by atoms with Gasteiger partial charge in [-0.25, -0.2) is 0 Å². The SMILES string of the molecule is C1=CCCC([PH](C2CCCCC2)(C2CCCCC2)C2CCCCC2)=CCC1. The first kappa shape index (κ1) is 20.2. The summed E-state index contributed by atoms with van der Waals surface area (Å²) in [5, 5.41) is 2.11. The van der Waals surface area contributed by atoms with Crippen LogP contribution in [-0.2, 0) is 0 Å². The molecule has 0 aromatic rings. The minimum absolute atomic E-state index is 1.15. The van der Waals surface area contributed by atoms with Crippen molar-refractivity contribution in [2.24, 2.45) is 0 Å². The van der Waals surface area contributed by atoms with Crippen molar-refractivity contribution in [3.8, 4) is 0 Å². The molecule has 0 bridgehead atoms. The Kier molecular flexibility index (Phi) is 7.55. The molecule has 0 saturated heterocycles. The molecule has 3 saturated carbocycles. The molecule has 27 heavy (non-hydrogen) atoms. The van der Waals surface area contributed by atoms with Crippen LogP contribution >= 0.6 is 7.26 Å². The zero-order chi connectivity index (χ0) is 18.4. The molecule has 3 fully saturated rings. The van der Waals surface area contributed by atoms with Crippen molar-refractivity contribution in [1.82, 2.24) is 0 Å². The Bertz CT molecular complexity index is 453. The number of hydrogen-bond donors (Lipinski definition) is 0. The molecule has 0 aliphatic heterocycles. The summed E-state index contributed by atoms with van der Waals surface area (Å²) in [5.74, 6) is 0. The summed E-state index contributed by atoms with van der Waals surface area (Å²) >= 11 is 0. The van der Waals surface area contributed by atoms with E-state index in [4.69, 9.17) is 0 Å². The van der Waals surface area contributed by atoms with E-state index in [1.165, 1.54) is 44.9 Å². The zero-order valence-corrected chi connectivity index (χ0v) is 18.9. The molecule has 1 heteroatoms. The fourth-order valence-corrected chi connectivity index (χ4v) is 16.6. The van der Waals surface area contributed by atoms with Crippen molar-refractivity contribution < 1.29 is 0 Å². The van der Waals surface area contributed by atoms with Crippen LogP contribution in [0.5, 0.6) is 0 Å². The second-order valence-electron chi connectivity index (χ2n) is 10.3. The maximum absolute atomic E-state index is 2.85. The number of allylic oxidation sites excluding steroid dienone is 4. The van der Waals surface area contributed by atoms with Gasteiger partial charge in [0.15, 0.2) is 0 Å². The predicted molar refractivity (Wildman–Crippen MR) is 125 cm³/mol. The number of hydrogen-bond acceptors (Lipinski definition) is 0. The molecule has 0 atom stereocenters. The molecular weight excluding hydrogens is 343 g/mol. The Balaban J connectivity index is 1.75. The summed E-state index contributed by atoms with van der Waals surface area (Å²) in [7, 11) is -1.42. The first-order valence-electron chi connectivity index (χ1n) is 12.8. The summed E-state index contributed by atoms with van der Waals surface area (Å²) in [6.45, 7) is 0. The van der Waals surface area contributed by atoms with Gasteiger partial charge in [-0.15, -0.1) is 0 Å². The molecule has 154 valence electrons. The summed E-state index contributed by atoms with van der Waals surface area (Å²) in [4.78, 5) is 0.